The van der Waals surface area contributed by atoms with Crippen molar-refractivity contribution >= 4 is 38.9 Å². The molecule has 0 amide bonds. The molecule has 0 atom stereocenters. The highest BCUT2D eigenvalue weighted by atomic mass is 79.9. The molecule has 0 aliphatic carbocycles. The molecule has 0 aromatic carbocycles. The van der Waals surface area contributed by atoms with Crippen LogP contribution in [0, 0.1) is 6.92 Å². The summed E-state index contributed by atoms with van der Waals surface area (Å²) >= 11 is 3.28. The van der Waals surface area contributed by atoms with E-state index in [1.165, 1.54) is 0 Å². The highest BCUT2D eigenvalue weighted by Gasteiger charge is 2.14. The number of halogens is 1. The molecule has 0 radical (unpaired) electrons. The van der Waals surface area contributed by atoms with Gasteiger partial charge < -0.3 is 0 Å². The Morgan fingerprint density at radius 3 is 2.88 bits per heavy atom. The predicted molar refractivity (Wildman–Crippen MR) is 66.4 cm³/mol. The zero-order valence-electron chi connectivity index (χ0n) is 8.99. The molecule has 0 fully saturated rings. The van der Waals surface area contributed by atoms with E-state index in [0.717, 1.165) is 23.2 Å². The summed E-state index contributed by atoms with van der Waals surface area (Å²) in [5.74, 6) is 0. The quantitative estimate of drug-likeness (QED) is 0.627. The Kier molecular flexibility index (Phi) is 2.63. The molecule has 4 nitrogen and oxygen atoms in total. The van der Waals surface area contributed by atoms with Crippen molar-refractivity contribution in [3.05, 3.63) is 28.5 Å². The van der Waals surface area contributed by atoms with E-state index in [2.05, 4.69) is 32.6 Å². The lowest BCUT2D eigenvalue weighted by Crippen LogP contribution is -1.98. The Labute approximate surface area is 101 Å². The van der Waals surface area contributed by atoms with Crippen molar-refractivity contribution in [2.24, 2.45) is 0 Å². The molecule has 16 heavy (non-hydrogen) atoms. The summed E-state index contributed by atoms with van der Waals surface area (Å²) in [6.45, 7) is 7.52. The molecule has 2 aromatic rings. The third-order valence-electron chi connectivity index (χ3n) is 2.28. The lowest BCUT2D eigenvalue weighted by molar-refractivity contribution is 0.112. The maximum absolute atomic E-state index is 11.0. The zero-order valence-corrected chi connectivity index (χ0v) is 10.6. The first-order valence-corrected chi connectivity index (χ1v) is 5.51. The molecule has 0 saturated carbocycles. The van der Waals surface area contributed by atoms with E-state index in [1.807, 2.05) is 13.8 Å². The van der Waals surface area contributed by atoms with Gasteiger partial charge in [-0.25, -0.2) is 9.67 Å². The van der Waals surface area contributed by atoms with Crippen LogP contribution in [0.15, 0.2) is 17.2 Å². The molecule has 0 saturated heterocycles. The summed E-state index contributed by atoms with van der Waals surface area (Å²) in [4.78, 5) is 15.4. The van der Waals surface area contributed by atoms with Gasteiger partial charge in [0.25, 0.3) is 0 Å². The van der Waals surface area contributed by atoms with Gasteiger partial charge in [0, 0.05) is 11.3 Å². The SMILES string of the molecule is C=C(C)n1nc(C)c2nc(Br)cc(C=O)c21. The minimum atomic E-state index is 0.556. The van der Waals surface area contributed by atoms with E-state index in [4.69, 9.17) is 0 Å². The summed E-state index contributed by atoms with van der Waals surface area (Å²) in [5, 5.41) is 4.31. The third kappa shape index (κ3) is 1.57. The molecule has 0 unspecified atom stereocenters. The van der Waals surface area contributed by atoms with Gasteiger partial charge in [-0.1, -0.05) is 6.58 Å². The van der Waals surface area contributed by atoms with Gasteiger partial charge in [0.15, 0.2) is 6.29 Å². The summed E-state index contributed by atoms with van der Waals surface area (Å²) in [6.07, 6.45) is 0.801. The Bertz CT molecular complexity index is 601. The molecule has 2 heterocycles. The average Bonchev–Trinajstić information content (AvgIpc) is 2.55. The minimum absolute atomic E-state index is 0.556. The number of aldehydes is 1. The van der Waals surface area contributed by atoms with Crippen LogP contribution in [-0.4, -0.2) is 21.1 Å². The second-order valence-electron chi connectivity index (χ2n) is 3.58. The number of aryl methyl sites for hydroxylation is 1. The van der Waals surface area contributed by atoms with Crippen LogP contribution in [0.2, 0.25) is 0 Å². The lowest BCUT2D eigenvalue weighted by Gasteiger charge is -2.03. The van der Waals surface area contributed by atoms with Gasteiger partial charge >= 0.3 is 0 Å². The van der Waals surface area contributed by atoms with Crippen molar-refractivity contribution < 1.29 is 4.79 Å². The first-order chi connectivity index (χ1) is 7.54. The summed E-state index contributed by atoms with van der Waals surface area (Å²) in [7, 11) is 0. The van der Waals surface area contributed by atoms with Gasteiger partial charge in [0.2, 0.25) is 0 Å². The standard InChI is InChI=1S/C11H10BrN3O/c1-6(2)15-11-8(5-16)4-9(12)13-10(11)7(3)14-15/h4-5H,1H2,2-3H3. The van der Waals surface area contributed by atoms with Gasteiger partial charge in [0.05, 0.1) is 5.69 Å². The van der Waals surface area contributed by atoms with E-state index in [-0.39, 0.29) is 0 Å². The second-order valence-corrected chi connectivity index (χ2v) is 4.39. The Balaban J connectivity index is 2.97. The maximum Gasteiger partial charge on any atom is 0.152 e. The van der Waals surface area contributed by atoms with Crippen molar-refractivity contribution in [1.29, 1.82) is 0 Å². The number of pyridine rings is 1. The van der Waals surface area contributed by atoms with Crippen molar-refractivity contribution in [2.45, 2.75) is 13.8 Å². The fourth-order valence-corrected chi connectivity index (χ4v) is 2.04. The summed E-state index contributed by atoms with van der Waals surface area (Å²) in [5.41, 5.74) is 3.52. The molecule has 0 aliphatic rings. The van der Waals surface area contributed by atoms with Gasteiger partial charge in [-0.15, -0.1) is 0 Å². The van der Waals surface area contributed by atoms with Crippen LogP contribution in [0.3, 0.4) is 0 Å². The number of aromatic nitrogens is 3. The van der Waals surface area contributed by atoms with Gasteiger partial charge in [0.1, 0.15) is 15.6 Å². The lowest BCUT2D eigenvalue weighted by atomic mass is 10.2. The number of rotatable bonds is 2. The number of carbonyl (C=O) groups is 1. The maximum atomic E-state index is 11.0. The number of allylic oxidation sites excluding steroid dienone is 1. The van der Waals surface area contributed by atoms with Crippen molar-refractivity contribution in [3.8, 4) is 0 Å². The van der Waals surface area contributed by atoms with Crippen LogP contribution in [-0.2, 0) is 0 Å². The fourth-order valence-electron chi connectivity index (χ4n) is 1.61. The van der Waals surface area contributed by atoms with E-state index in [0.29, 0.717) is 15.7 Å². The first kappa shape index (κ1) is 11.0. The van der Waals surface area contributed by atoms with Crippen LogP contribution in [0.4, 0.5) is 0 Å². The fraction of sp³-hybridized carbons (Fsp3) is 0.182. The molecule has 0 bridgehead atoms. The second kappa shape index (κ2) is 3.83. The summed E-state index contributed by atoms with van der Waals surface area (Å²) in [6, 6.07) is 1.68. The number of fused-ring (bicyclic) bond motifs is 1. The Morgan fingerprint density at radius 2 is 2.31 bits per heavy atom. The molecular formula is C11H10BrN3O. The van der Waals surface area contributed by atoms with Crippen LogP contribution >= 0.6 is 15.9 Å². The van der Waals surface area contributed by atoms with Gasteiger partial charge in [-0.05, 0) is 35.8 Å². The van der Waals surface area contributed by atoms with Crippen LogP contribution < -0.4 is 0 Å². The van der Waals surface area contributed by atoms with E-state index < -0.39 is 0 Å². The van der Waals surface area contributed by atoms with Crippen LogP contribution in [0.25, 0.3) is 16.7 Å². The van der Waals surface area contributed by atoms with Crippen molar-refractivity contribution in [2.75, 3.05) is 0 Å². The number of carbonyl (C=O) groups excluding carboxylic acids is 1. The average molecular weight is 280 g/mol. The topological polar surface area (TPSA) is 47.8 Å². The number of hydrogen-bond donors (Lipinski definition) is 0. The monoisotopic (exact) mass is 279 g/mol. The van der Waals surface area contributed by atoms with Crippen molar-refractivity contribution in [1.82, 2.24) is 14.8 Å². The molecule has 2 rings (SSSR count). The number of nitrogens with zero attached hydrogens (tertiary/aromatic N) is 3. The van der Waals surface area contributed by atoms with E-state index in [1.54, 1.807) is 10.7 Å². The third-order valence-corrected chi connectivity index (χ3v) is 2.69. The van der Waals surface area contributed by atoms with E-state index in [9.17, 15) is 4.79 Å². The molecule has 0 N–H and O–H groups in total. The van der Waals surface area contributed by atoms with Crippen molar-refractivity contribution in [3.63, 3.8) is 0 Å². The molecular weight excluding hydrogens is 270 g/mol. The normalized spacial score (nSPS) is 10.7. The first-order valence-electron chi connectivity index (χ1n) is 4.71. The molecule has 0 aliphatic heterocycles. The van der Waals surface area contributed by atoms with Crippen LogP contribution in [0.1, 0.15) is 23.0 Å². The predicted octanol–water partition coefficient (Wildman–Crippen LogP) is 2.81. The molecule has 2 aromatic heterocycles. The highest BCUT2D eigenvalue weighted by molar-refractivity contribution is 9.10. The summed E-state index contributed by atoms with van der Waals surface area (Å²) < 4.78 is 2.28. The minimum Gasteiger partial charge on any atom is -0.298 e. The zero-order chi connectivity index (χ0) is 11.9. The smallest absolute Gasteiger partial charge is 0.152 e. The van der Waals surface area contributed by atoms with Gasteiger partial charge in [-0.3, -0.25) is 4.79 Å². The molecule has 5 heteroatoms. The Morgan fingerprint density at radius 1 is 1.62 bits per heavy atom. The number of hydrogen-bond acceptors (Lipinski definition) is 3. The molecule has 82 valence electrons. The van der Waals surface area contributed by atoms with E-state index >= 15 is 0 Å². The van der Waals surface area contributed by atoms with Gasteiger partial charge in [-0.2, -0.15) is 5.10 Å². The highest BCUT2D eigenvalue weighted by Crippen LogP contribution is 2.24. The van der Waals surface area contributed by atoms with Crippen LogP contribution in [0.5, 0.6) is 0 Å². The molecule has 0 spiro atoms. The Hall–Kier alpha value is -1.49. The largest absolute Gasteiger partial charge is 0.298 e.